The normalized spacial score (nSPS) is 31.8. The first-order chi connectivity index (χ1) is 5.37. The summed E-state index contributed by atoms with van der Waals surface area (Å²) in [6, 6.07) is -0.417. The van der Waals surface area contributed by atoms with Gasteiger partial charge in [-0.05, 0) is 13.1 Å². The van der Waals surface area contributed by atoms with Crippen LogP contribution in [0.5, 0.6) is 0 Å². The minimum atomic E-state index is -0.986. The number of nitrogens with two attached hydrogens (primary N) is 4. The van der Waals surface area contributed by atoms with Crippen LogP contribution in [0.2, 0.25) is 0 Å². The minimum absolute atomic E-state index is 0.143. The lowest BCUT2D eigenvalue weighted by Gasteiger charge is -2.23. The zero-order valence-corrected chi connectivity index (χ0v) is 6.90. The van der Waals surface area contributed by atoms with Crippen molar-refractivity contribution in [3.63, 3.8) is 0 Å². The molecule has 2 unspecified atom stereocenters. The summed E-state index contributed by atoms with van der Waals surface area (Å²) in [4.78, 5) is 0. The number of nitrogens with zero attached hydrogens (tertiary/aromatic N) is 1. The van der Waals surface area contributed by atoms with Crippen LogP contribution in [0.15, 0.2) is 11.9 Å². The molecule has 0 amide bonds. The smallest absolute Gasteiger partial charge is 0.0897 e. The highest BCUT2D eigenvalue weighted by Crippen LogP contribution is 2.41. The van der Waals surface area contributed by atoms with Crippen LogP contribution in [0.25, 0.3) is 0 Å². The maximum atomic E-state index is 10.9. The molecule has 12 heavy (non-hydrogen) atoms. The molecule has 6 heteroatoms. The van der Waals surface area contributed by atoms with Crippen molar-refractivity contribution >= 4 is 0 Å². The van der Waals surface area contributed by atoms with Gasteiger partial charge in [-0.3, -0.25) is 0 Å². The van der Waals surface area contributed by atoms with Crippen LogP contribution in [0.3, 0.4) is 0 Å². The first kappa shape index (κ1) is 9.27. The lowest BCUT2D eigenvalue weighted by Crippen LogP contribution is -2.41. The molecule has 2 atom stereocenters. The number of hydrogen-bond donors (Lipinski definition) is 4. The summed E-state index contributed by atoms with van der Waals surface area (Å²) in [6.07, 6.45) is 1.51. The molecule has 0 aromatic carbocycles. The lowest BCUT2D eigenvalue weighted by atomic mass is 10.3. The van der Waals surface area contributed by atoms with Gasteiger partial charge in [0.15, 0.2) is 0 Å². The molecule has 0 aliphatic heterocycles. The highest BCUT2D eigenvalue weighted by Gasteiger charge is 2.58. The first-order valence-electron chi connectivity index (χ1n) is 3.58. The van der Waals surface area contributed by atoms with E-state index in [1.54, 1.807) is 0 Å². The van der Waals surface area contributed by atoms with E-state index >= 15 is 0 Å². The minimum Gasteiger partial charge on any atom is -0.785 e. The van der Waals surface area contributed by atoms with Crippen molar-refractivity contribution in [2.24, 2.45) is 28.9 Å². The van der Waals surface area contributed by atoms with Crippen LogP contribution in [0.1, 0.15) is 0 Å². The molecule has 0 spiro atoms. The second kappa shape index (κ2) is 2.60. The number of likely N-dealkylation sites (N-methyl/N-ethyl adjacent to an activating group) is 1. The van der Waals surface area contributed by atoms with Gasteiger partial charge < -0.3 is 33.2 Å². The predicted molar refractivity (Wildman–Crippen MR) is 46.0 cm³/mol. The second-order valence-electron chi connectivity index (χ2n) is 3.18. The number of hydroxylamine groups is 2. The lowest BCUT2D eigenvalue weighted by molar-refractivity contribution is 0.403. The van der Waals surface area contributed by atoms with E-state index in [9.17, 15) is 5.21 Å². The highest BCUT2D eigenvalue weighted by atomic mass is 16.5. The van der Waals surface area contributed by atoms with E-state index in [0.717, 1.165) is 5.06 Å². The van der Waals surface area contributed by atoms with E-state index < -0.39 is 11.7 Å². The van der Waals surface area contributed by atoms with Gasteiger partial charge in [0.2, 0.25) is 0 Å². The third-order valence-electron chi connectivity index (χ3n) is 2.08. The Bertz CT molecular complexity index is 208. The largest absolute Gasteiger partial charge is 0.785 e. The van der Waals surface area contributed by atoms with Crippen molar-refractivity contribution in [2.75, 3.05) is 7.05 Å². The van der Waals surface area contributed by atoms with E-state index in [1.807, 2.05) is 0 Å². The molecule has 0 aromatic rings. The fraction of sp³-hybridized carbons (Fsp3) is 0.667. The monoisotopic (exact) mass is 172 g/mol. The van der Waals surface area contributed by atoms with Gasteiger partial charge >= 0.3 is 0 Å². The van der Waals surface area contributed by atoms with Crippen LogP contribution < -0.4 is 22.9 Å². The fourth-order valence-electron chi connectivity index (χ4n) is 1.42. The fourth-order valence-corrected chi connectivity index (χ4v) is 1.42. The Morgan fingerprint density at radius 3 is 2.25 bits per heavy atom. The molecule has 0 heterocycles. The standard InChI is InChI=1S/C6H14N5O/c1-11(12)5-3(2-4(7)8)6(5,9)10/h2-3,5H,7-10H2,1H3/q-1. The van der Waals surface area contributed by atoms with Gasteiger partial charge in [0, 0.05) is 12.0 Å². The van der Waals surface area contributed by atoms with Crippen molar-refractivity contribution in [1.29, 1.82) is 0 Å². The van der Waals surface area contributed by atoms with Crippen molar-refractivity contribution in [3.05, 3.63) is 17.1 Å². The van der Waals surface area contributed by atoms with Crippen molar-refractivity contribution in [3.8, 4) is 0 Å². The van der Waals surface area contributed by atoms with E-state index in [-0.39, 0.29) is 11.7 Å². The average molecular weight is 172 g/mol. The summed E-state index contributed by atoms with van der Waals surface area (Å²) in [5.41, 5.74) is 20.6. The Balaban J connectivity index is 2.67. The maximum Gasteiger partial charge on any atom is 0.0897 e. The number of hydrogen-bond acceptors (Lipinski definition) is 6. The molecule has 70 valence electrons. The van der Waals surface area contributed by atoms with E-state index in [4.69, 9.17) is 22.9 Å². The summed E-state index contributed by atoms with van der Waals surface area (Å²) in [6.45, 7) is 0. The van der Waals surface area contributed by atoms with Gasteiger partial charge in [-0.15, -0.1) is 0 Å². The summed E-state index contributed by atoms with van der Waals surface area (Å²) < 4.78 is 0. The van der Waals surface area contributed by atoms with Crippen LogP contribution in [0, 0.1) is 11.1 Å². The zero-order chi connectivity index (χ0) is 9.52. The molecule has 0 saturated heterocycles. The van der Waals surface area contributed by atoms with Gasteiger partial charge in [-0.1, -0.05) is 0 Å². The van der Waals surface area contributed by atoms with Gasteiger partial charge in [0.25, 0.3) is 0 Å². The molecule has 8 N–H and O–H groups in total. The molecule has 6 nitrogen and oxygen atoms in total. The number of rotatable bonds is 2. The summed E-state index contributed by atoms with van der Waals surface area (Å²) in [5.74, 6) is -0.102. The van der Waals surface area contributed by atoms with Gasteiger partial charge in [-0.25, -0.2) is 0 Å². The third-order valence-corrected chi connectivity index (χ3v) is 2.08. The SMILES string of the molecule is CN([O-])C1C(C=C(N)N)C1(N)N. The van der Waals surface area contributed by atoms with Crippen molar-refractivity contribution < 1.29 is 0 Å². The van der Waals surface area contributed by atoms with E-state index in [2.05, 4.69) is 0 Å². The van der Waals surface area contributed by atoms with Crippen molar-refractivity contribution in [1.82, 2.24) is 5.06 Å². The molecule has 1 aliphatic carbocycles. The highest BCUT2D eigenvalue weighted by molar-refractivity contribution is 5.26. The molecular formula is C6H14N5O-. The molecule has 0 radical (unpaired) electrons. The predicted octanol–water partition coefficient (Wildman–Crippen LogP) is -2.21. The summed E-state index contributed by atoms with van der Waals surface area (Å²) in [7, 11) is 1.37. The van der Waals surface area contributed by atoms with Crippen LogP contribution in [0.4, 0.5) is 0 Å². The molecule has 0 aromatic heterocycles. The van der Waals surface area contributed by atoms with Gasteiger partial charge in [0.1, 0.15) is 0 Å². The summed E-state index contributed by atoms with van der Waals surface area (Å²) >= 11 is 0. The molecule has 0 bridgehead atoms. The Morgan fingerprint density at radius 2 is 2.00 bits per heavy atom. The maximum absolute atomic E-state index is 10.9. The van der Waals surface area contributed by atoms with Crippen LogP contribution >= 0.6 is 0 Å². The Labute approximate surface area is 70.7 Å². The third kappa shape index (κ3) is 1.37. The first-order valence-corrected chi connectivity index (χ1v) is 3.58. The molecule has 1 aliphatic rings. The Hall–Kier alpha value is -0.820. The quantitative estimate of drug-likeness (QED) is 0.276. The van der Waals surface area contributed by atoms with E-state index in [1.165, 1.54) is 13.1 Å². The topological polar surface area (TPSA) is 130 Å². The Kier molecular flexibility index (Phi) is 2.01. The van der Waals surface area contributed by atoms with Crippen LogP contribution in [-0.2, 0) is 0 Å². The van der Waals surface area contributed by atoms with Crippen LogP contribution in [-0.4, -0.2) is 23.8 Å². The Morgan fingerprint density at radius 1 is 1.50 bits per heavy atom. The van der Waals surface area contributed by atoms with Gasteiger partial charge in [-0.2, -0.15) is 0 Å². The molecule has 1 saturated carbocycles. The van der Waals surface area contributed by atoms with Crippen molar-refractivity contribution in [2.45, 2.75) is 11.7 Å². The summed E-state index contributed by atoms with van der Waals surface area (Å²) in [5, 5.41) is 11.6. The zero-order valence-electron chi connectivity index (χ0n) is 6.90. The molecule has 1 rings (SSSR count). The molecular weight excluding hydrogens is 158 g/mol. The van der Waals surface area contributed by atoms with E-state index in [0.29, 0.717) is 0 Å². The van der Waals surface area contributed by atoms with Gasteiger partial charge in [0.05, 0.1) is 11.5 Å². The molecule has 1 fully saturated rings. The average Bonchev–Trinajstić information content (AvgIpc) is 2.32. The second-order valence-corrected chi connectivity index (χ2v) is 3.18.